The molecule has 0 heterocycles. The summed E-state index contributed by atoms with van der Waals surface area (Å²) in [6, 6.07) is 10.2. The maximum atomic E-state index is 13.0. The predicted molar refractivity (Wildman–Crippen MR) is 77.9 cm³/mol. The van der Waals surface area contributed by atoms with Crippen LogP contribution in [0.3, 0.4) is 0 Å². The lowest BCUT2D eigenvalue weighted by atomic mass is 10.2. The highest BCUT2D eigenvalue weighted by Crippen LogP contribution is 2.26. The molecule has 94 valence electrons. The van der Waals surface area contributed by atoms with Gasteiger partial charge in [-0.3, -0.25) is 0 Å². The first-order chi connectivity index (χ1) is 8.56. The molecule has 5 heteroatoms. The SMILES string of the molecule is Fc1ccc(CNc2ccc(Br)cc2Cl)cc1Cl. The molecule has 0 aliphatic heterocycles. The normalized spacial score (nSPS) is 10.4. The van der Waals surface area contributed by atoms with Gasteiger partial charge in [-0.15, -0.1) is 0 Å². The molecule has 0 aromatic heterocycles. The molecule has 2 aromatic rings. The van der Waals surface area contributed by atoms with Gasteiger partial charge in [0.15, 0.2) is 0 Å². The predicted octanol–water partition coefficient (Wildman–Crippen LogP) is 5.51. The summed E-state index contributed by atoms with van der Waals surface area (Å²) in [6.07, 6.45) is 0. The minimum Gasteiger partial charge on any atom is -0.380 e. The van der Waals surface area contributed by atoms with Gasteiger partial charge < -0.3 is 5.32 Å². The molecular weight excluding hydrogens is 340 g/mol. The Balaban J connectivity index is 2.09. The lowest BCUT2D eigenvalue weighted by Crippen LogP contribution is -2.00. The number of benzene rings is 2. The third-order valence-electron chi connectivity index (χ3n) is 2.40. The molecule has 18 heavy (non-hydrogen) atoms. The molecule has 0 unspecified atom stereocenters. The van der Waals surface area contributed by atoms with E-state index in [-0.39, 0.29) is 5.02 Å². The lowest BCUT2D eigenvalue weighted by molar-refractivity contribution is 0.627. The highest BCUT2D eigenvalue weighted by molar-refractivity contribution is 9.10. The van der Waals surface area contributed by atoms with Gasteiger partial charge in [0.2, 0.25) is 0 Å². The average Bonchev–Trinajstić information content (AvgIpc) is 2.32. The van der Waals surface area contributed by atoms with Crippen LogP contribution in [0, 0.1) is 5.82 Å². The molecule has 0 radical (unpaired) electrons. The van der Waals surface area contributed by atoms with Gasteiger partial charge in [0, 0.05) is 11.0 Å². The van der Waals surface area contributed by atoms with Crippen molar-refractivity contribution in [1.82, 2.24) is 0 Å². The molecule has 0 aliphatic carbocycles. The molecule has 0 spiro atoms. The Hall–Kier alpha value is -0.770. The summed E-state index contributed by atoms with van der Waals surface area (Å²) in [5.74, 6) is -0.415. The van der Waals surface area contributed by atoms with E-state index >= 15 is 0 Å². The second-order valence-corrected chi connectivity index (χ2v) is 5.46. The zero-order valence-electron chi connectivity index (χ0n) is 9.18. The quantitative estimate of drug-likeness (QED) is 0.771. The summed E-state index contributed by atoms with van der Waals surface area (Å²) in [6.45, 7) is 0.529. The number of hydrogen-bond acceptors (Lipinski definition) is 1. The van der Waals surface area contributed by atoms with Gasteiger partial charge in [-0.1, -0.05) is 45.2 Å². The number of anilines is 1. The maximum Gasteiger partial charge on any atom is 0.141 e. The molecule has 0 fully saturated rings. The summed E-state index contributed by atoms with van der Waals surface area (Å²) >= 11 is 15.1. The van der Waals surface area contributed by atoms with E-state index in [0.29, 0.717) is 11.6 Å². The van der Waals surface area contributed by atoms with E-state index < -0.39 is 5.82 Å². The first-order valence-corrected chi connectivity index (χ1v) is 6.74. The van der Waals surface area contributed by atoms with Crippen LogP contribution < -0.4 is 5.32 Å². The Bertz CT molecular complexity index is 575. The molecule has 0 saturated heterocycles. The third-order valence-corrected chi connectivity index (χ3v) is 3.49. The van der Waals surface area contributed by atoms with Crippen LogP contribution in [-0.4, -0.2) is 0 Å². The average molecular weight is 349 g/mol. The molecule has 0 atom stereocenters. The highest BCUT2D eigenvalue weighted by Gasteiger charge is 2.03. The zero-order chi connectivity index (χ0) is 13.1. The largest absolute Gasteiger partial charge is 0.380 e. The Kier molecular flexibility index (Phi) is 4.49. The van der Waals surface area contributed by atoms with E-state index in [9.17, 15) is 4.39 Å². The van der Waals surface area contributed by atoms with Gasteiger partial charge in [-0.25, -0.2) is 4.39 Å². The van der Waals surface area contributed by atoms with Crippen LogP contribution in [-0.2, 0) is 6.54 Å². The summed E-state index contributed by atoms with van der Waals surface area (Å²) in [5, 5.41) is 3.91. The van der Waals surface area contributed by atoms with Crippen molar-refractivity contribution in [3.8, 4) is 0 Å². The molecule has 2 aromatic carbocycles. The van der Waals surface area contributed by atoms with Gasteiger partial charge in [0.1, 0.15) is 5.82 Å². The van der Waals surface area contributed by atoms with Crippen molar-refractivity contribution in [2.75, 3.05) is 5.32 Å². The molecule has 2 rings (SSSR count). The minimum atomic E-state index is -0.415. The van der Waals surface area contributed by atoms with Crippen molar-refractivity contribution >= 4 is 44.8 Å². The zero-order valence-corrected chi connectivity index (χ0v) is 12.3. The van der Waals surface area contributed by atoms with E-state index in [1.165, 1.54) is 6.07 Å². The van der Waals surface area contributed by atoms with Crippen LogP contribution in [0.15, 0.2) is 40.9 Å². The smallest absolute Gasteiger partial charge is 0.141 e. The standard InChI is InChI=1S/C13H9BrCl2FN/c14-9-2-4-13(11(16)6-9)18-7-8-1-3-12(17)10(15)5-8/h1-6,18H,7H2. The summed E-state index contributed by atoms with van der Waals surface area (Å²) in [4.78, 5) is 0. The topological polar surface area (TPSA) is 12.0 Å². The molecule has 0 saturated carbocycles. The van der Waals surface area contributed by atoms with Crippen molar-refractivity contribution in [1.29, 1.82) is 0 Å². The van der Waals surface area contributed by atoms with E-state index in [1.54, 1.807) is 12.1 Å². The number of nitrogens with one attached hydrogen (secondary N) is 1. The fourth-order valence-electron chi connectivity index (χ4n) is 1.48. The molecule has 1 N–H and O–H groups in total. The lowest BCUT2D eigenvalue weighted by Gasteiger charge is -2.09. The number of hydrogen-bond donors (Lipinski definition) is 1. The molecule has 0 aliphatic rings. The van der Waals surface area contributed by atoms with Gasteiger partial charge in [0.25, 0.3) is 0 Å². The summed E-state index contributed by atoms with van der Waals surface area (Å²) < 4.78 is 13.9. The van der Waals surface area contributed by atoms with E-state index in [1.807, 2.05) is 18.2 Å². The Morgan fingerprint density at radius 2 is 1.83 bits per heavy atom. The van der Waals surface area contributed by atoms with Crippen molar-refractivity contribution < 1.29 is 4.39 Å². The summed E-state index contributed by atoms with van der Waals surface area (Å²) in [5.41, 5.74) is 1.71. The Morgan fingerprint density at radius 3 is 2.50 bits per heavy atom. The monoisotopic (exact) mass is 347 g/mol. The van der Waals surface area contributed by atoms with Crippen LogP contribution in [0.5, 0.6) is 0 Å². The Morgan fingerprint density at radius 1 is 1.06 bits per heavy atom. The molecule has 0 amide bonds. The van der Waals surface area contributed by atoms with E-state index in [0.717, 1.165) is 15.7 Å². The van der Waals surface area contributed by atoms with E-state index in [2.05, 4.69) is 21.2 Å². The van der Waals surface area contributed by atoms with Crippen molar-refractivity contribution in [2.24, 2.45) is 0 Å². The molecule has 0 bridgehead atoms. The maximum absolute atomic E-state index is 13.0. The third kappa shape index (κ3) is 3.37. The van der Waals surface area contributed by atoms with Crippen molar-refractivity contribution in [3.63, 3.8) is 0 Å². The highest BCUT2D eigenvalue weighted by atomic mass is 79.9. The van der Waals surface area contributed by atoms with Gasteiger partial charge in [0.05, 0.1) is 15.7 Å². The van der Waals surface area contributed by atoms with Crippen molar-refractivity contribution in [3.05, 3.63) is 62.3 Å². The fraction of sp³-hybridized carbons (Fsp3) is 0.0769. The van der Waals surface area contributed by atoms with Crippen LogP contribution in [0.2, 0.25) is 10.0 Å². The van der Waals surface area contributed by atoms with Crippen LogP contribution >= 0.6 is 39.1 Å². The minimum absolute atomic E-state index is 0.121. The second-order valence-electron chi connectivity index (χ2n) is 3.73. The number of rotatable bonds is 3. The van der Waals surface area contributed by atoms with Crippen LogP contribution in [0.1, 0.15) is 5.56 Å². The van der Waals surface area contributed by atoms with Crippen LogP contribution in [0.4, 0.5) is 10.1 Å². The van der Waals surface area contributed by atoms with Gasteiger partial charge in [-0.05, 0) is 35.9 Å². The second kappa shape index (κ2) is 5.91. The van der Waals surface area contributed by atoms with Crippen molar-refractivity contribution in [2.45, 2.75) is 6.54 Å². The van der Waals surface area contributed by atoms with Gasteiger partial charge >= 0.3 is 0 Å². The number of halogens is 4. The molecular formula is C13H9BrCl2FN. The molecule has 1 nitrogen and oxygen atoms in total. The summed E-state index contributed by atoms with van der Waals surface area (Å²) in [7, 11) is 0. The fourth-order valence-corrected chi connectivity index (χ4v) is 2.42. The first kappa shape index (κ1) is 13.7. The first-order valence-electron chi connectivity index (χ1n) is 5.19. The van der Waals surface area contributed by atoms with E-state index in [4.69, 9.17) is 23.2 Å². The Labute approximate surface area is 123 Å². The van der Waals surface area contributed by atoms with Crippen LogP contribution in [0.25, 0.3) is 0 Å². The van der Waals surface area contributed by atoms with Gasteiger partial charge in [-0.2, -0.15) is 0 Å².